The average molecular weight is 433 g/mol. The number of H-pyrrole nitrogens is 1. The Kier molecular flexibility index (Phi) is 5.87. The Labute approximate surface area is 187 Å². The van der Waals surface area contributed by atoms with Crippen LogP contribution in [-0.2, 0) is 13.0 Å². The number of aromatic nitrogens is 3. The fraction of sp³-hybridized carbons (Fsp3) is 0.280. The molecular formula is C25H25ClN4O. The number of rotatable bonds is 7. The standard InChI is InChI=1S/C25H25ClN4O/c26-21-4-1-5-23(14-21)31-12-9-22-15-25(29-28-22)20-8-11-30(17-20)16-18-6-7-24-19(13-18)3-2-10-27-24/h1-7,10,13-15,20H,8-9,11-12,16-17H2,(H,28,29). The van der Waals surface area contributed by atoms with Crippen LogP contribution >= 0.6 is 11.6 Å². The summed E-state index contributed by atoms with van der Waals surface area (Å²) < 4.78 is 5.79. The lowest BCUT2D eigenvalue weighted by Crippen LogP contribution is -2.19. The normalized spacial score (nSPS) is 16.7. The first-order valence-electron chi connectivity index (χ1n) is 10.7. The van der Waals surface area contributed by atoms with Gasteiger partial charge in [-0.2, -0.15) is 5.10 Å². The lowest BCUT2D eigenvalue weighted by molar-refractivity contribution is 0.320. The van der Waals surface area contributed by atoms with E-state index in [1.165, 1.54) is 10.9 Å². The van der Waals surface area contributed by atoms with Crippen molar-refractivity contribution >= 4 is 22.5 Å². The Bertz CT molecular complexity index is 1170. The maximum atomic E-state index is 6.00. The van der Waals surface area contributed by atoms with E-state index in [2.05, 4.69) is 50.4 Å². The van der Waals surface area contributed by atoms with E-state index in [9.17, 15) is 0 Å². The van der Waals surface area contributed by atoms with Crippen molar-refractivity contribution in [1.82, 2.24) is 20.1 Å². The summed E-state index contributed by atoms with van der Waals surface area (Å²) in [5.41, 5.74) is 4.65. The predicted octanol–water partition coefficient (Wildman–Crippen LogP) is 5.22. The molecule has 1 aliphatic rings. The van der Waals surface area contributed by atoms with Gasteiger partial charge in [0.25, 0.3) is 0 Å². The number of nitrogens with zero attached hydrogens (tertiary/aromatic N) is 3. The third-order valence-electron chi connectivity index (χ3n) is 5.85. The van der Waals surface area contributed by atoms with Crippen LogP contribution in [0.5, 0.6) is 5.75 Å². The van der Waals surface area contributed by atoms with Crippen molar-refractivity contribution in [3.05, 3.63) is 88.8 Å². The van der Waals surface area contributed by atoms with Crippen molar-refractivity contribution in [2.75, 3.05) is 19.7 Å². The summed E-state index contributed by atoms with van der Waals surface area (Å²) in [5, 5.41) is 9.66. The highest BCUT2D eigenvalue weighted by molar-refractivity contribution is 6.30. The van der Waals surface area contributed by atoms with Crippen LogP contribution in [0.1, 0.15) is 29.3 Å². The molecule has 5 rings (SSSR count). The van der Waals surface area contributed by atoms with Gasteiger partial charge in [0, 0.05) is 47.7 Å². The molecule has 1 atom stereocenters. The van der Waals surface area contributed by atoms with Gasteiger partial charge in [-0.1, -0.05) is 29.8 Å². The fourth-order valence-electron chi connectivity index (χ4n) is 4.25. The van der Waals surface area contributed by atoms with Crippen LogP contribution in [0.2, 0.25) is 5.02 Å². The second kappa shape index (κ2) is 9.08. The van der Waals surface area contributed by atoms with Gasteiger partial charge in [-0.25, -0.2) is 0 Å². The molecule has 4 aromatic rings. The van der Waals surface area contributed by atoms with Gasteiger partial charge in [0.1, 0.15) is 5.75 Å². The van der Waals surface area contributed by atoms with Crippen molar-refractivity contribution in [3.8, 4) is 5.75 Å². The molecular weight excluding hydrogens is 408 g/mol. The van der Waals surface area contributed by atoms with Gasteiger partial charge in [-0.15, -0.1) is 0 Å². The van der Waals surface area contributed by atoms with Crippen molar-refractivity contribution in [1.29, 1.82) is 0 Å². The van der Waals surface area contributed by atoms with Crippen molar-refractivity contribution in [2.24, 2.45) is 0 Å². The van der Waals surface area contributed by atoms with Gasteiger partial charge in [0.15, 0.2) is 0 Å². The highest BCUT2D eigenvalue weighted by atomic mass is 35.5. The first-order valence-corrected chi connectivity index (χ1v) is 11.1. The maximum absolute atomic E-state index is 6.00. The zero-order chi connectivity index (χ0) is 21.0. The zero-order valence-electron chi connectivity index (χ0n) is 17.3. The molecule has 1 N–H and O–H groups in total. The largest absolute Gasteiger partial charge is 0.493 e. The number of halogens is 1. The molecule has 158 valence electrons. The van der Waals surface area contributed by atoms with Crippen LogP contribution in [0.4, 0.5) is 0 Å². The molecule has 5 nitrogen and oxygen atoms in total. The molecule has 0 spiro atoms. The molecule has 0 amide bonds. The van der Waals surface area contributed by atoms with Crippen LogP contribution in [0.3, 0.4) is 0 Å². The van der Waals surface area contributed by atoms with E-state index >= 15 is 0 Å². The summed E-state index contributed by atoms with van der Waals surface area (Å²) in [5.74, 6) is 1.27. The summed E-state index contributed by atoms with van der Waals surface area (Å²) >= 11 is 6.00. The number of fused-ring (bicyclic) bond motifs is 1. The monoisotopic (exact) mass is 432 g/mol. The molecule has 0 aliphatic carbocycles. The van der Waals surface area contributed by atoms with Crippen LogP contribution < -0.4 is 4.74 Å². The number of likely N-dealkylation sites (tertiary alicyclic amines) is 1. The van der Waals surface area contributed by atoms with Crippen LogP contribution in [0.15, 0.2) is 66.9 Å². The molecule has 3 heterocycles. The number of hydrogen-bond donors (Lipinski definition) is 1. The van der Waals surface area contributed by atoms with Crippen molar-refractivity contribution in [2.45, 2.75) is 25.3 Å². The second-order valence-corrected chi connectivity index (χ2v) is 8.56. The number of pyridine rings is 1. The summed E-state index contributed by atoms with van der Waals surface area (Å²) in [6.45, 7) is 3.69. The predicted molar refractivity (Wildman–Crippen MR) is 124 cm³/mol. The van der Waals surface area contributed by atoms with Gasteiger partial charge in [0.2, 0.25) is 0 Å². The zero-order valence-corrected chi connectivity index (χ0v) is 18.1. The van der Waals surface area contributed by atoms with Gasteiger partial charge >= 0.3 is 0 Å². The second-order valence-electron chi connectivity index (χ2n) is 8.13. The van der Waals surface area contributed by atoms with Crippen LogP contribution in [-0.4, -0.2) is 39.8 Å². The first-order chi connectivity index (χ1) is 15.2. The van der Waals surface area contributed by atoms with E-state index in [0.717, 1.165) is 55.1 Å². The van der Waals surface area contributed by atoms with Crippen molar-refractivity contribution in [3.63, 3.8) is 0 Å². The summed E-state index contributed by atoms with van der Waals surface area (Å²) in [6, 6.07) is 20.4. The molecule has 2 aromatic carbocycles. The van der Waals surface area contributed by atoms with E-state index in [-0.39, 0.29) is 0 Å². The molecule has 31 heavy (non-hydrogen) atoms. The highest BCUT2D eigenvalue weighted by Gasteiger charge is 2.25. The number of hydrogen-bond acceptors (Lipinski definition) is 4. The van der Waals surface area contributed by atoms with E-state index < -0.39 is 0 Å². The number of nitrogens with one attached hydrogen (secondary N) is 1. The molecule has 1 unspecified atom stereocenters. The first kappa shape index (κ1) is 20.0. The van der Waals surface area contributed by atoms with Gasteiger partial charge in [-0.05, 0) is 61.0 Å². The third-order valence-corrected chi connectivity index (χ3v) is 6.09. The van der Waals surface area contributed by atoms with E-state index in [0.29, 0.717) is 17.5 Å². The third kappa shape index (κ3) is 4.89. The lowest BCUT2D eigenvalue weighted by atomic mass is 10.0. The molecule has 2 aromatic heterocycles. The van der Waals surface area contributed by atoms with Crippen LogP contribution in [0.25, 0.3) is 10.9 Å². The van der Waals surface area contributed by atoms with Crippen molar-refractivity contribution < 1.29 is 4.74 Å². The Hall–Kier alpha value is -2.89. The van der Waals surface area contributed by atoms with Gasteiger partial charge in [-0.3, -0.25) is 15.0 Å². The van der Waals surface area contributed by atoms with E-state index in [1.807, 2.05) is 36.5 Å². The van der Waals surface area contributed by atoms with Gasteiger partial charge in [0.05, 0.1) is 17.8 Å². The number of aromatic amines is 1. The minimum absolute atomic E-state index is 0.473. The summed E-state index contributed by atoms with van der Waals surface area (Å²) in [6.07, 6.45) is 3.77. The number of benzene rings is 2. The minimum atomic E-state index is 0.473. The molecule has 1 aliphatic heterocycles. The Morgan fingerprint density at radius 1 is 1.10 bits per heavy atom. The highest BCUT2D eigenvalue weighted by Crippen LogP contribution is 2.28. The quantitative estimate of drug-likeness (QED) is 0.435. The molecule has 1 fully saturated rings. The molecule has 0 radical (unpaired) electrons. The summed E-state index contributed by atoms with van der Waals surface area (Å²) in [4.78, 5) is 6.92. The molecule has 1 saturated heterocycles. The lowest BCUT2D eigenvalue weighted by Gasteiger charge is -2.16. The van der Waals surface area contributed by atoms with E-state index in [4.69, 9.17) is 16.3 Å². The molecule has 0 saturated carbocycles. The SMILES string of the molecule is Clc1cccc(OCCc2cc(C3CCN(Cc4ccc5ncccc5c4)C3)n[nH]2)c1. The Morgan fingerprint density at radius 3 is 3.00 bits per heavy atom. The molecule has 0 bridgehead atoms. The van der Waals surface area contributed by atoms with E-state index in [1.54, 1.807) is 0 Å². The Morgan fingerprint density at radius 2 is 2.06 bits per heavy atom. The number of ether oxygens (including phenoxy) is 1. The average Bonchev–Trinajstić information content (AvgIpc) is 3.43. The Balaban J connectivity index is 1.14. The molecule has 6 heteroatoms. The summed E-state index contributed by atoms with van der Waals surface area (Å²) in [7, 11) is 0. The van der Waals surface area contributed by atoms with Crippen LogP contribution in [0, 0.1) is 0 Å². The van der Waals surface area contributed by atoms with Gasteiger partial charge < -0.3 is 4.74 Å². The maximum Gasteiger partial charge on any atom is 0.120 e. The smallest absolute Gasteiger partial charge is 0.120 e. The fourth-order valence-corrected chi connectivity index (χ4v) is 4.43. The topological polar surface area (TPSA) is 54.0 Å². The minimum Gasteiger partial charge on any atom is -0.493 e.